The number of carbonyl (C=O) groups is 2. The van der Waals surface area contributed by atoms with Crippen molar-refractivity contribution in [1.29, 1.82) is 0 Å². The van der Waals surface area contributed by atoms with E-state index in [0.717, 1.165) is 45.2 Å². The van der Waals surface area contributed by atoms with Gasteiger partial charge in [-0.1, -0.05) is 31.0 Å². The summed E-state index contributed by atoms with van der Waals surface area (Å²) in [6.45, 7) is 5.16. The van der Waals surface area contributed by atoms with Crippen molar-refractivity contribution in [3.63, 3.8) is 0 Å². The standard InChI is InChI=1S/C21H30N4O3/c1-2-25-18-10-7-6-9-16(18)17-15-24(14-12-19(17)25)21(27)22-13-8-4-3-5-11-20(26)23-28/h6-7,9-10,28H,2-5,8,11-15H2,1H3,(H,22,27)(H,23,26). The van der Waals surface area contributed by atoms with Crippen LogP contribution in [0.2, 0.25) is 0 Å². The summed E-state index contributed by atoms with van der Waals surface area (Å²) in [4.78, 5) is 25.4. The lowest BCUT2D eigenvalue weighted by Crippen LogP contribution is -2.43. The highest BCUT2D eigenvalue weighted by Crippen LogP contribution is 2.30. The predicted octanol–water partition coefficient (Wildman–Crippen LogP) is 3.18. The third-order valence-electron chi connectivity index (χ3n) is 5.50. The SMILES string of the molecule is CCn1c2c(c3ccccc31)CN(C(=O)NCCCCCCC(=O)NO)CC2. The molecule has 0 spiro atoms. The maximum atomic E-state index is 12.6. The zero-order chi connectivity index (χ0) is 19.9. The van der Waals surface area contributed by atoms with Gasteiger partial charge in [0, 0.05) is 61.2 Å². The number of rotatable bonds is 8. The Morgan fingerprint density at radius 3 is 2.71 bits per heavy atom. The minimum absolute atomic E-state index is 0.00126. The number of fused-ring (bicyclic) bond motifs is 3. The van der Waals surface area contributed by atoms with Crippen LogP contribution in [0.1, 0.15) is 50.3 Å². The molecule has 0 aliphatic carbocycles. The third-order valence-corrected chi connectivity index (χ3v) is 5.50. The smallest absolute Gasteiger partial charge is 0.317 e. The van der Waals surface area contributed by atoms with Crippen LogP contribution < -0.4 is 10.8 Å². The van der Waals surface area contributed by atoms with Crippen LogP contribution in [0.3, 0.4) is 0 Å². The maximum absolute atomic E-state index is 12.6. The number of nitrogens with zero attached hydrogens (tertiary/aromatic N) is 2. The molecule has 0 saturated heterocycles. The number of urea groups is 1. The number of aryl methyl sites for hydroxylation is 1. The van der Waals surface area contributed by atoms with E-state index in [-0.39, 0.29) is 11.9 Å². The minimum Gasteiger partial charge on any atom is -0.344 e. The number of para-hydroxylation sites is 1. The molecule has 2 aromatic rings. The first-order valence-electron chi connectivity index (χ1n) is 10.2. The Bertz CT molecular complexity index is 830. The molecule has 1 aromatic heterocycles. The molecular formula is C21H30N4O3. The first-order valence-corrected chi connectivity index (χ1v) is 10.2. The van der Waals surface area contributed by atoms with Crippen molar-refractivity contribution in [3.05, 3.63) is 35.5 Å². The van der Waals surface area contributed by atoms with Gasteiger partial charge in [-0.15, -0.1) is 0 Å². The molecule has 3 amide bonds. The molecule has 28 heavy (non-hydrogen) atoms. The van der Waals surface area contributed by atoms with E-state index in [9.17, 15) is 9.59 Å². The van der Waals surface area contributed by atoms with Gasteiger partial charge >= 0.3 is 6.03 Å². The van der Waals surface area contributed by atoms with Gasteiger partial charge in [-0.25, -0.2) is 10.3 Å². The number of hydrogen-bond acceptors (Lipinski definition) is 3. The molecule has 2 heterocycles. The lowest BCUT2D eigenvalue weighted by atomic mass is 10.0. The van der Waals surface area contributed by atoms with Gasteiger partial charge in [0.1, 0.15) is 0 Å². The molecule has 7 nitrogen and oxygen atoms in total. The summed E-state index contributed by atoms with van der Waals surface area (Å²) in [5, 5.41) is 12.7. The largest absolute Gasteiger partial charge is 0.344 e. The van der Waals surface area contributed by atoms with E-state index < -0.39 is 0 Å². The van der Waals surface area contributed by atoms with Crippen molar-refractivity contribution < 1.29 is 14.8 Å². The zero-order valence-corrected chi connectivity index (χ0v) is 16.5. The van der Waals surface area contributed by atoms with Crippen molar-refractivity contribution in [2.24, 2.45) is 0 Å². The molecule has 0 atom stereocenters. The molecule has 1 aliphatic rings. The van der Waals surface area contributed by atoms with Crippen molar-refractivity contribution in [2.45, 2.75) is 58.5 Å². The van der Waals surface area contributed by atoms with Crippen molar-refractivity contribution >= 4 is 22.8 Å². The first kappa shape index (κ1) is 20.2. The van der Waals surface area contributed by atoms with E-state index in [4.69, 9.17) is 5.21 Å². The fraction of sp³-hybridized carbons (Fsp3) is 0.524. The Kier molecular flexibility index (Phi) is 6.92. The van der Waals surface area contributed by atoms with Gasteiger partial charge in [0.05, 0.1) is 0 Å². The molecule has 1 aromatic carbocycles. The molecule has 0 bridgehead atoms. The highest BCUT2D eigenvalue weighted by Gasteiger charge is 2.25. The molecule has 3 N–H and O–H groups in total. The van der Waals surface area contributed by atoms with E-state index in [1.807, 2.05) is 4.90 Å². The van der Waals surface area contributed by atoms with Gasteiger partial charge in [0.25, 0.3) is 0 Å². The van der Waals surface area contributed by atoms with Gasteiger partial charge in [0.15, 0.2) is 0 Å². The number of benzene rings is 1. The van der Waals surface area contributed by atoms with E-state index in [0.29, 0.717) is 19.5 Å². The highest BCUT2D eigenvalue weighted by molar-refractivity contribution is 5.86. The van der Waals surface area contributed by atoms with E-state index in [2.05, 4.69) is 41.1 Å². The second-order valence-corrected chi connectivity index (χ2v) is 7.29. The van der Waals surface area contributed by atoms with Crippen molar-refractivity contribution in [2.75, 3.05) is 13.1 Å². The van der Waals surface area contributed by atoms with Gasteiger partial charge in [0.2, 0.25) is 5.91 Å². The second kappa shape index (κ2) is 9.59. The lowest BCUT2D eigenvalue weighted by molar-refractivity contribution is -0.129. The second-order valence-electron chi connectivity index (χ2n) is 7.29. The third kappa shape index (κ3) is 4.47. The number of hydroxylamine groups is 1. The monoisotopic (exact) mass is 386 g/mol. The van der Waals surface area contributed by atoms with Crippen LogP contribution in [-0.2, 0) is 24.3 Å². The van der Waals surface area contributed by atoms with Crippen LogP contribution in [0, 0.1) is 0 Å². The molecule has 1 aliphatic heterocycles. The Morgan fingerprint density at radius 1 is 1.14 bits per heavy atom. The van der Waals surface area contributed by atoms with E-state index >= 15 is 0 Å². The minimum atomic E-state index is -0.345. The molecule has 7 heteroatoms. The number of carbonyl (C=O) groups excluding carboxylic acids is 2. The molecule has 0 radical (unpaired) electrons. The summed E-state index contributed by atoms with van der Waals surface area (Å²) < 4.78 is 2.37. The van der Waals surface area contributed by atoms with Crippen LogP contribution in [-0.4, -0.2) is 39.7 Å². The average Bonchev–Trinajstić information content (AvgIpc) is 3.05. The predicted molar refractivity (Wildman–Crippen MR) is 108 cm³/mol. The first-order chi connectivity index (χ1) is 13.7. The van der Waals surface area contributed by atoms with Crippen LogP contribution >= 0.6 is 0 Å². The van der Waals surface area contributed by atoms with Crippen LogP contribution in [0.15, 0.2) is 24.3 Å². The van der Waals surface area contributed by atoms with Crippen molar-refractivity contribution in [3.8, 4) is 0 Å². The van der Waals surface area contributed by atoms with E-state index in [1.54, 1.807) is 5.48 Å². The molecular weight excluding hydrogens is 356 g/mol. The number of hydrogen-bond donors (Lipinski definition) is 3. The number of aromatic nitrogens is 1. The number of unbranched alkanes of at least 4 members (excludes halogenated alkanes) is 3. The molecule has 0 fully saturated rings. The quantitative estimate of drug-likeness (QED) is 0.370. The van der Waals surface area contributed by atoms with Gasteiger partial charge < -0.3 is 14.8 Å². The lowest BCUT2D eigenvalue weighted by Gasteiger charge is -2.28. The molecule has 0 unspecified atom stereocenters. The summed E-state index contributed by atoms with van der Waals surface area (Å²) in [6.07, 6.45) is 4.72. The van der Waals surface area contributed by atoms with Gasteiger partial charge in [-0.05, 0) is 25.8 Å². The topological polar surface area (TPSA) is 86.6 Å². The van der Waals surface area contributed by atoms with Gasteiger partial charge in [-0.2, -0.15) is 0 Å². The molecule has 0 saturated carbocycles. The Morgan fingerprint density at radius 2 is 1.93 bits per heavy atom. The Balaban J connectivity index is 1.48. The Hall–Kier alpha value is -2.54. The summed E-state index contributed by atoms with van der Waals surface area (Å²) in [6, 6.07) is 8.44. The van der Waals surface area contributed by atoms with Crippen LogP contribution in [0.25, 0.3) is 10.9 Å². The zero-order valence-electron chi connectivity index (χ0n) is 16.5. The van der Waals surface area contributed by atoms with Crippen LogP contribution in [0.5, 0.6) is 0 Å². The fourth-order valence-electron chi connectivity index (χ4n) is 4.06. The van der Waals surface area contributed by atoms with Crippen molar-refractivity contribution in [1.82, 2.24) is 20.3 Å². The average molecular weight is 386 g/mol. The summed E-state index contributed by atoms with van der Waals surface area (Å²) in [5.41, 5.74) is 5.53. The fourth-order valence-corrected chi connectivity index (χ4v) is 4.06. The van der Waals surface area contributed by atoms with E-state index in [1.165, 1.54) is 22.2 Å². The highest BCUT2D eigenvalue weighted by atomic mass is 16.5. The molecule has 3 rings (SSSR count). The summed E-state index contributed by atoms with van der Waals surface area (Å²) in [5.74, 6) is -0.345. The Labute approximate surface area is 165 Å². The summed E-state index contributed by atoms with van der Waals surface area (Å²) >= 11 is 0. The summed E-state index contributed by atoms with van der Waals surface area (Å²) in [7, 11) is 0. The maximum Gasteiger partial charge on any atom is 0.317 e. The molecule has 152 valence electrons. The van der Waals surface area contributed by atoms with Gasteiger partial charge in [-0.3, -0.25) is 10.0 Å². The number of nitrogens with one attached hydrogen (secondary N) is 2. The normalized spacial score (nSPS) is 13.4. The number of amides is 3. The van der Waals surface area contributed by atoms with Crippen LogP contribution in [0.4, 0.5) is 4.79 Å².